The molecule has 1 saturated carbocycles. The Bertz CT molecular complexity index is 664. The maximum absolute atomic E-state index is 11.5. The molecule has 1 amide bonds. The molecule has 0 radical (unpaired) electrons. The molecule has 1 N–H and O–H groups in total. The van der Waals surface area contributed by atoms with Crippen molar-refractivity contribution in [3.05, 3.63) is 65.7 Å². The van der Waals surface area contributed by atoms with Crippen LogP contribution in [0.5, 0.6) is 5.75 Å². The maximum Gasteiger partial charge on any atom is 0.243 e. The summed E-state index contributed by atoms with van der Waals surface area (Å²) in [5.41, 5.74) is 4.57. The number of carbonyl (C=O) groups is 1. The lowest BCUT2D eigenvalue weighted by Gasteiger charge is -2.06. The van der Waals surface area contributed by atoms with Gasteiger partial charge in [0, 0.05) is 5.92 Å². The van der Waals surface area contributed by atoms with E-state index in [4.69, 9.17) is 4.74 Å². The van der Waals surface area contributed by atoms with Crippen molar-refractivity contribution >= 4 is 12.1 Å². The summed E-state index contributed by atoms with van der Waals surface area (Å²) >= 11 is 0. The van der Waals surface area contributed by atoms with E-state index in [1.807, 2.05) is 54.6 Å². The predicted octanol–water partition coefficient (Wildman–Crippen LogP) is 3.13. The molecule has 1 aliphatic carbocycles. The van der Waals surface area contributed by atoms with Crippen LogP contribution in [-0.2, 0) is 11.4 Å². The van der Waals surface area contributed by atoms with Gasteiger partial charge in [-0.1, -0.05) is 42.5 Å². The van der Waals surface area contributed by atoms with Crippen LogP contribution >= 0.6 is 0 Å². The molecule has 2 aromatic carbocycles. The van der Waals surface area contributed by atoms with Crippen molar-refractivity contribution in [1.29, 1.82) is 0 Å². The van der Waals surface area contributed by atoms with Gasteiger partial charge in [0.1, 0.15) is 12.4 Å². The SMILES string of the molecule is O=C(N/N=C/c1cccc(OCc2ccccc2)c1)C1CC1. The average molecular weight is 294 g/mol. The van der Waals surface area contributed by atoms with Crippen molar-refractivity contribution in [2.45, 2.75) is 19.4 Å². The Kier molecular flexibility index (Phi) is 4.49. The van der Waals surface area contributed by atoms with E-state index < -0.39 is 0 Å². The number of hydrogen-bond donors (Lipinski definition) is 1. The molecule has 3 rings (SSSR count). The number of hydrogen-bond acceptors (Lipinski definition) is 3. The molecular formula is C18H18N2O2. The molecule has 0 atom stereocenters. The minimum Gasteiger partial charge on any atom is -0.489 e. The van der Waals surface area contributed by atoms with E-state index in [1.54, 1.807) is 6.21 Å². The van der Waals surface area contributed by atoms with Crippen molar-refractivity contribution in [3.63, 3.8) is 0 Å². The Morgan fingerprint density at radius 1 is 1.18 bits per heavy atom. The highest BCUT2D eigenvalue weighted by Crippen LogP contribution is 2.28. The Morgan fingerprint density at radius 3 is 2.77 bits per heavy atom. The van der Waals surface area contributed by atoms with Gasteiger partial charge in [-0.15, -0.1) is 0 Å². The predicted molar refractivity (Wildman–Crippen MR) is 85.7 cm³/mol. The Morgan fingerprint density at radius 2 is 2.00 bits per heavy atom. The van der Waals surface area contributed by atoms with Gasteiger partial charge in [-0.3, -0.25) is 4.79 Å². The van der Waals surface area contributed by atoms with Crippen LogP contribution in [0.25, 0.3) is 0 Å². The highest BCUT2D eigenvalue weighted by Gasteiger charge is 2.29. The van der Waals surface area contributed by atoms with Crippen LogP contribution in [-0.4, -0.2) is 12.1 Å². The van der Waals surface area contributed by atoms with Gasteiger partial charge < -0.3 is 4.74 Å². The van der Waals surface area contributed by atoms with Gasteiger partial charge in [-0.05, 0) is 36.1 Å². The van der Waals surface area contributed by atoms with E-state index in [0.717, 1.165) is 29.7 Å². The van der Waals surface area contributed by atoms with Crippen molar-refractivity contribution in [3.8, 4) is 5.75 Å². The quantitative estimate of drug-likeness (QED) is 0.657. The molecule has 0 aliphatic heterocycles. The first-order valence-corrected chi connectivity index (χ1v) is 7.41. The van der Waals surface area contributed by atoms with Crippen LogP contribution in [0.15, 0.2) is 59.7 Å². The smallest absolute Gasteiger partial charge is 0.243 e. The molecule has 0 bridgehead atoms. The molecule has 0 spiro atoms. The zero-order chi connectivity index (χ0) is 15.2. The fraction of sp³-hybridized carbons (Fsp3) is 0.222. The highest BCUT2D eigenvalue weighted by atomic mass is 16.5. The van der Waals surface area contributed by atoms with Gasteiger partial charge >= 0.3 is 0 Å². The lowest BCUT2D eigenvalue weighted by atomic mass is 10.2. The number of benzene rings is 2. The molecule has 0 unspecified atom stereocenters. The second kappa shape index (κ2) is 6.89. The molecule has 0 saturated heterocycles. The standard InChI is InChI=1S/C18H18N2O2/c21-18(16-9-10-16)20-19-12-15-7-4-8-17(11-15)22-13-14-5-2-1-3-6-14/h1-8,11-12,16H,9-10,13H2,(H,20,21)/b19-12+. The largest absolute Gasteiger partial charge is 0.489 e. The number of amides is 1. The lowest BCUT2D eigenvalue weighted by Crippen LogP contribution is -2.18. The van der Waals surface area contributed by atoms with E-state index >= 15 is 0 Å². The minimum atomic E-state index is 0.00716. The van der Waals surface area contributed by atoms with E-state index in [1.165, 1.54) is 0 Å². The summed E-state index contributed by atoms with van der Waals surface area (Å²) in [6, 6.07) is 17.6. The normalized spacial score (nSPS) is 14.0. The summed E-state index contributed by atoms with van der Waals surface area (Å²) in [6.07, 6.45) is 3.59. The molecule has 2 aromatic rings. The number of carbonyl (C=O) groups excluding carboxylic acids is 1. The molecule has 0 aromatic heterocycles. The number of ether oxygens (including phenoxy) is 1. The van der Waals surface area contributed by atoms with Crippen LogP contribution in [0.4, 0.5) is 0 Å². The van der Waals surface area contributed by atoms with Crippen LogP contribution in [0.3, 0.4) is 0 Å². The van der Waals surface area contributed by atoms with Gasteiger partial charge in [0.15, 0.2) is 0 Å². The summed E-state index contributed by atoms with van der Waals surface area (Å²) in [5.74, 6) is 0.951. The van der Waals surface area contributed by atoms with Gasteiger partial charge in [0.25, 0.3) is 0 Å². The molecule has 4 nitrogen and oxygen atoms in total. The number of nitrogens with one attached hydrogen (secondary N) is 1. The first kappa shape index (κ1) is 14.3. The molecule has 1 fully saturated rings. The maximum atomic E-state index is 11.5. The molecule has 1 aliphatic rings. The second-order valence-corrected chi connectivity index (χ2v) is 5.36. The fourth-order valence-corrected chi connectivity index (χ4v) is 2.03. The molecule has 4 heteroatoms. The summed E-state index contributed by atoms with van der Waals surface area (Å²) in [5, 5.41) is 3.98. The van der Waals surface area contributed by atoms with E-state index in [2.05, 4.69) is 10.5 Å². The van der Waals surface area contributed by atoms with Crippen LogP contribution in [0.1, 0.15) is 24.0 Å². The van der Waals surface area contributed by atoms with Gasteiger partial charge in [0.05, 0.1) is 6.21 Å². The van der Waals surface area contributed by atoms with Crippen molar-refractivity contribution in [1.82, 2.24) is 5.43 Å². The topological polar surface area (TPSA) is 50.7 Å². The second-order valence-electron chi connectivity index (χ2n) is 5.36. The summed E-state index contributed by atoms with van der Waals surface area (Å²) in [6.45, 7) is 0.528. The van der Waals surface area contributed by atoms with Gasteiger partial charge in [-0.2, -0.15) is 5.10 Å². The van der Waals surface area contributed by atoms with E-state index in [-0.39, 0.29) is 11.8 Å². The first-order valence-electron chi connectivity index (χ1n) is 7.41. The Hall–Kier alpha value is -2.62. The zero-order valence-corrected chi connectivity index (χ0v) is 12.2. The van der Waals surface area contributed by atoms with Gasteiger partial charge in [0.2, 0.25) is 5.91 Å². The van der Waals surface area contributed by atoms with E-state index in [0.29, 0.717) is 6.61 Å². The lowest BCUT2D eigenvalue weighted by molar-refractivity contribution is -0.122. The first-order chi connectivity index (χ1) is 10.8. The number of nitrogens with zero attached hydrogens (tertiary/aromatic N) is 1. The summed E-state index contributed by atoms with van der Waals surface area (Å²) < 4.78 is 5.76. The van der Waals surface area contributed by atoms with Crippen molar-refractivity contribution in [2.75, 3.05) is 0 Å². The van der Waals surface area contributed by atoms with Crippen LogP contribution < -0.4 is 10.2 Å². The average Bonchev–Trinajstić information content (AvgIpc) is 3.39. The summed E-state index contributed by atoms with van der Waals surface area (Å²) in [4.78, 5) is 11.5. The van der Waals surface area contributed by atoms with E-state index in [9.17, 15) is 4.79 Å². The van der Waals surface area contributed by atoms with Crippen molar-refractivity contribution < 1.29 is 9.53 Å². The highest BCUT2D eigenvalue weighted by molar-refractivity contribution is 5.84. The third kappa shape index (κ3) is 4.19. The van der Waals surface area contributed by atoms with Crippen LogP contribution in [0, 0.1) is 5.92 Å². The molecule has 0 heterocycles. The molecule has 112 valence electrons. The zero-order valence-electron chi connectivity index (χ0n) is 12.2. The third-order valence-electron chi connectivity index (χ3n) is 3.44. The van der Waals surface area contributed by atoms with Gasteiger partial charge in [-0.25, -0.2) is 5.43 Å². The Labute approximate surface area is 129 Å². The number of hydrazone groups is 1. The molecular weight excluding hydrogens is 276 g/mol. The van der Waals surface area contributed by atoms with Crippen molar-refractivity contribution in [2.24, 2.45) is 11.0 Å². The summed E-state index contributed by atoms with van der Waals surface area (Å²) in [7, 11) is 0. The Balaban J connectivity index is 1.55. The monoisotopic (exact) mass is 294 g/mol. The minimum absolute atomic E-state index is 0.00716. The third-order valence-corrected chi connectivity index (χ3v) is 3.44. The fourth-order valence-electron chi connectivity index (χ4n) is 2.03. The number of rotatable bonds is 6. The van der Waals surface area contributed by atoms with Crippen LogP contribution in [0.2, 0.25) is 0 Å². The molecule has 22 heavy (non-hydrogen) atoms.